The van der Waals surface area contributed by atoms with Gasteiger partial charge in [-0.3, -0.25) is 0 Å². The summed E-state index contributed by atoms with van der Waals surface area (Å²) in [5.41, 5.74) is 3.92. The summed E-state index contributed by atoms with van der Waals surface area (Å²) in [5, 5.41) is 67.1. The molecule has 2 heterocycles. The lowest BCUT2D eigenvalue weighted by molar-refractivity contribution is -0.241. The predicted octanol–water partition coefficient (Wildman–Crippen LogP) is 6.90. The van der Waals surface area contributed by atoms with Gasteiger partial charge in [-0.25, -0.2) is 0 Å². The van der Waals surface area contributed by atoms with Crippen LogP contribution in [0.5, 0.6) is 28.7 Å². The van der Waals surface area contributed by atoms with Crippen LogP contribution in [0.1, 0.15) is 72.8 Å². The van der Waals surface area contributed by atoms with Crippen LogP contribution in [-0.2, 0) is 24.1 Å². The molecule has 7 N–H and O–H groups in total. The third-order valence-corrected chi connectivity index (χ3v) is 11.2. The van der Waals surface area contributed by atoms with Crippen LogP contribution in [0.3, 0.4) is 0 Å². The number of rotatable bonds is 9. The first kappa shape index (κ1) is 32.3. The molecular weight excluding hydrogens is 606 g/mol. The fraction of sp³-hybridized carbons (Fsp3) is 0.400. The summed E-state index contributed by atoms with van der Waals surface area (Å²) in [7, 11) is 0. The fourth-order valence-corrected chi connectivity index (χ4v) is 8.69. The van der Waals surface area contributed by atoms with Crippen molar-refractivity contribution in [1.82, 2.24) is 5.32 Å². The highest BCUT2D eigenvalue weighted by Gasteiger charge is 2.55. The molecule has 0 aromatic heterocycles. The zero-order chi connectivity index (χ0) is 33.4. The van der Waals surface area contributed by atoms with E-state index >= 15 is 0 Å². The van der Waals surface area contributed by atoms with Crippen molar-refractivity contribution in [3.63, 3.8) is 0 Å². The van der Waals surface area contributed by atoms with Crippen LogP contribution in [0.25, 0.3) is 22.9 Å². The Hall–Kier alpha value is -4.24. The van der Waals surface area contributed by atoms with Crippen molar-refractivity contribution >= 4 is 22.9 Å². The first-order valence-corrected chi connectivity index (χ1v) is 17.2. The lowest BCUT2D eigenvalue weighted by Crippen LogP contribution is -2.62. The van der Waals surface area contributed by atoms with E-state index in [4.69, 9.17) is 4.74 Å². The molecule has 8 nitrogen and oxygen atoms in total. The van der Waals surface area contributed by atoms with Crippen LogP contribution in [-0.4, -0.2) is 55.0 Å². The number of fused-ring (bicyclic) bond motifs is 2. The largest absolute Gasteiger partial charge is 0.507 e. The number of benzene rings is 4. The summed E-state index contributed by atoms with van der Waals surface area (Å²) in [6.45, 7) is 0.962. The van der Waals surface area contributed by atoms with Crippen molar-refractivity contribution in [2.45, 2.75) is 82.1 Å². The molecule has 8 heteroatoms. The van der Waals surface area contributed by atoms with Crippen LogP contribution < -0.4 is 5.32 Å². The van der Waals surface area contributed by atoms with Crippen molar-refractivity contribution in [2.75, 3.05) is 6.61 Å². The van der Waals surface area contributed by atoms with Gasteiger partial charge in [0.25, 0.3) is 0 Å². The van der Waals surface area contributed by atoms with E-state index in [1.807, 2.05) is 0 Å². The summed E-state index contributed by atoms with van der Waals surface area (Å²) >= 11 is 0. The lowest BCUT2D eigenvalue weighted by atomic mass is 9.60. The van der Waals surface area contributed by atoms with E-state index in [1.165, 1.54) is 43.0 Å². The minimum Gasteiger partial charge on any atom is -0.507 e. The van der Waals surface area contributed by atoms with Crippen LogP contribution in [0.2, 0.25) is 0 Å². The third-order valence-electron chi connectivity index (χ3n) is 11.2. The van der Waals surface area contributed by atoms with Crippen LogP contribution in [0.4, 0.5) is 0 Å². The maximum Gasteiger partial charge on any atom is 0.169 e. The highest BCUT2D eigenvalue weighted by molar-refractivity contribution is 6.03. The summed E-state index contributed by atoms with van der Waals surface area (Å²) < 4.78 is 6.71. The smallest absolute Gasteiger partial charge is 0.169 e. The van der Waals surface area contributed by atoms with Gasteiger partial charge >= 0.3 is 0 Å². The Kier molecular flexibility index (Phi) is 8.98. The van der Waals surface area contributed by atoms with Gasteiger partial charge < -0.3 is 40.7 Å². The molecule has 2 aliphatic heterocycles. The maximum atomic E-state index is 11.2. The number of aliphatic hydroxyl groups is 1. The van der Waals surface area contributed by atoms with Crippen LogP contribution >= 0.6 is 0 Å². The van der Waals surface area contributed by atoms with Crippen LogP contribution in [0.15, 0.2) is 60.7 Å². The van der Waals surface area contributed by atoms with Gasteiger partial charge in [-0.15, -0.1) is 0 Å². The molecule has 0 amide bonds. The van der Waals surface area contributed by atoms with E-state index in [2.05, 4.69) is 29.6 Å². The average Bonchev–Trinajstić information content (AvgIpc) is 3.09. The summed E-state index contributed by atoms with van der Waals surface area (Å²) in [6.07, 6.45) is 12.6. The molecule has 1 aliphatic carbocycles. The van der Waals surface area contributed by atoms with Gasteiger partial charge in [0.15, 0.2) is 23.0 Å². The number of ether oxygens (including phenoxy) is 1. The quantitative estimate of drug-likeness (QED) is 0.0765. The van der Waals surface area contributed by atoms with Gasteiger partial charge in [-0.05, 0) is 103 Å². The van der Waals surface area contributed by atoms with E-state index in [9.17, 15) is 30.6 Å². The zero-order valence-electron chi connectivity index (χ0n) is 27.1. The summed E-state index contributed by atoms with van der Waals surface area (Å²) in [6, 6.07) is 18.3. The topological polar surface area (TPSA) is 143 Å². The van der Waals surface area contributed by atoms with E-state index in [-0.39, 0.29) is 58.4 Å². The molecule has 0 radical (unpaired) electrons. The van der Waals surface area contributed by atoms with Gasteiger partial charge in [-0.2, -0.15) is 0 Å². The third kappa shape index (κ3) is 6.09. The first-order valence-electron chi connectivity index (χ1n) is 17.2. The van der Waals surface area contributed by atoms with Crippen molar-refractivity contribution in [2.24, 2.45) is 11.8 Å². The minimum atomic E-state index is -0.361. The van der Waals surface area contributed by atoms with Gasteiger partial charge in [0.1, 0.15) is 5.75 Å². The van der Waals surface area contributed by atoms with Gasteiger partial charge in [0.05, 0.1) is 17.1 Å². The SMILES string of the molecule is OCC1CCCC2CCC3CC(NCc4ccc(CCc5c(O)c(O)c6c(O)cccc6c5C=Cc5ccc(O)c(O)c5)cc4)CC12O3. The molecule has 1 saturated carbocycles. The molecule has 4 aromatic carbocycles. The second-order valence-electron chi connectivity index (χ2n) is 14.0. The summed E-state index contributed by atoms with van der Waals surface area (Å²) in [5.74, 6) is -0.446. The Balaban J connectivity index is 1.06. The number of aryl methyl sites for hydroxylation is 1. The molecule has 4 aromatic rings. The van der Waals surface area contributed by atoms with Gasteiger partial charge in [0, 0.05) is 30.7 Å². The van der Waals surface area contributed by atoms with Crippen molar-refractivity contribution in [3.8, 4) is 28.7 Å². The number of hydrogen-bond donors (Lipinski definition) is 7. The Bertz CT molecular complexity index is 1810. The highest BCUT2D eigenvalue weighted by atomic mass is 16.5. The standard InChI is InChI=1S/C40H45NO7/c42-23-28-4-1-3-27-14-15-30-20-29(21-40(27,28)48-30)41-22-26-9-7-24(8-10-26)11-17-33-31(16-12-25-13-18-34(43)36(45)19-25)32-5-2-6-35(44)37(32)39(47)38(33)46/h2,5-10,12-13,16,18-19,27-30,41-47H,1,3-4,11,14-15,17,20-23H2. The molecule has 2 saturated heterocycles. The number of phenolic OH excluding ortho intramolecular Hbond substituents is 5. The molecule has 48 heavy (non-hydrogen) atoms. The Morgan fingerprint density at radius 2 is 1.60 bits per heavy atom. The summed E-state index contributed by atoms with van der Waals surface area (Å²) in [4.78, 5) is 0. The average molecular weight is 652 g/mol. The fourth-order valence-electron chi connectivity index (χ4n) is 8.69. The van der Waals surface area contributed by atoms with Crippen LogP contribution in [0, 0.1) is 11.8 Å². The van der Waals surface area contributed by atoms with Gasteiger partial charge in [-0.1, -0.05) is 61.0 Å². The van der Waals surface area contributed by atoms with Crippen molar-refractivity contribution in [3.05, 3.63) is 88.5 Å². The molecule has 3 aliphatic rings. The molecule has 5 unspecified atom stereocenters. The van der Waals surface area contributed by atoms with E-state index in [0.29, 0.717) is 46.9 Å². The second-order valence-corrected chi connectivity index (χ2v) is 14.0. The van der Waals surface area contributed by atoms with E-state index in [0.717, 1.165) is 37.8 Å². The number of nitrogens with one attached hydrogen (secondary N) is 1. The first-order chi connectivity index (χ1) is 23.3. The number of aromatic hydroxyl groups is 5. The van der Waals surface area contributed by atoms with Crippen molar-refractivity contribution in [1.29, 1.82) is 0 Å². The van der Waals surface area contributed by atoms with Gasteiger partial charge in [0.2, 0.25) is 0 Å². The second kappa shape index (κ2) is 13.3. The Morgan fingerprint density at radius 3 is 2.40 bits per heavy atom. The minimum absolute atomic E-state index is 0.136. The van der Waals surface area contributed by atoms with Crippen molar-refractivity contribution < 1.29 is 35.4 Å². The number of hydrogen-bond acceptors (Lipinski definition) is 8. The lowest BCUT2D eigenvalue weighted by Gasteiger charge is -2.58. The molecule has 252 valence electrons. The normalized spacial score (nSPS) is 25.4. The van der Waals surface area contributed by atoms with E-state index < -0.39 is 0 Å². The molecular formula is C40H45NO7. The molecule has 5 atom stereocenters. The predicted molar refractivity (Wildman–Crippen MR) is 186 cm³/mol. The highest BCUT2D eigenvalue weighted by Crippen LogP contribution is 2.53. The Morgan fingerprint density at radius 1 is 0.792 bits per heavy atom. The molecule has 1 spiro atoms. The Labute approximate surface area is 281 Å². The molecule has 3 fully saturated rings. The van der Waals surface area contributed by atoms with E-state index in [1.54, 1.807) is 30.4 Å². The number of phenols is 5. The number of aliphatic hydroxyl groups excluding tert-OH is 1. The maximum absolute atomic E-state index is 11.2. The monoisotopic (exact) mass is 651 g/mol. The molecule has 7 rings (SSSR count). The molecule has 2 bridgehead atoms. The zero-order valence-corrected chi connectivity index (χ0v) is 27.1.